The predicted molar refractivity (Wildman–Crippen MR) is 127 cm³/mol. The first-order valence-electron chi connectivity index (χ1n) is 9.96. The Morgan fingerprint density at radius 2 is 2.03 bits per heavy atom. The summed E-state index contributed by atoms with van der Waals surface area (Å²) in [4.78, 5) is 33.2. The number of rotatable bonds is 5. The van der Waals surface area contributed by atoms with Gasteiger partial charge < -0.3 is 18.8 Å². The lowest BCUT2D eigenvalue weighted by Crippen LogP contribution is -2.40. The molecule has 0 saturated carbocycles. The van der Waals surface area contributed by atoms with Crippen molar-refractivity contribution in [1.82, 2.24) is 4.57 Å². The average Bonchev–Trinajstić information content (AvgIpc) is 3.37. The van der Waals surface area contributed by atoms with E-state index in [0.717, 1.165) is 0 Å². The molecule has 1 atom stereocenters. The SMILES string of the molecule is COC(=O)C1=C(C)N=c2s/c(=C\c3ccc(N(C)C)o3)c(=O)n2[C@@H]1c1cc(Cl)ccc1OC. The molecule has 0 N–H and O–H groups in total. The van der Waals surface area contributed by atoms with Crippen LogP contribution in [0.4, 0.5) is 5.88 Å². The second-order valence-electron chi connectivity index (χ2n) is 7.53. The quantitative estimate of drug-likeness (QED) is 0.514. The van der Waals surface area contributed by atoms with Gasteiger partial charge in [0.1, 0.15) is 17.6 Å². The van der Waals surface area contributed by atoms with E-state index in [1.165, 1.54) is 30.1 Å². The lowest BCUT2D eigenvalue weighted by Gasteiger charge is -2.25. The highest BCUT2D eigenvalue weighted by atomic mass is 35.5. The summed E-state index contributed by atoms with van der Waals surface area (Å²) >= 11 is 7.49. The number of ether oxygens (including phenoxy) is 2. The minimum Gasteiger partial charge on any atom is -0.496 e. The van der Waals surface area contributed by atoms with Gasteiger partial charge in [-0.1, -0.05) is 22.9 Å². The van der Waals surface area contributed by atoms with Crippen molar-refractivity contribution in [3.63, 3.8) is 0 Å². The summed E-state index contributed by atoms with van der Waals surface area (Å²) in [5.74, 6) is 1.10. The molecule has 10 heteroatoms. The van der Waals surface area contributed by atoms with Gasteiger partial charge in [0.05, 0.1) is 30.0 Å². The first-order chi connectivity index (χ1) is 15.7. The van der Waals surface area contributed by atoms with Crippen LogP contribution in [0.2, 0.25) is 5.02 Å². The molecule has 3 heterocycles. The maximum Gasteiger partial charge on any atom is 0.338 e. The monoisotopic (exact) mass is 487 g/mol. The number of methoxy groups -OCH3 is 2. The number of carbonyl (C=O) groups is 1. The first-order valence-corrected chi connectivity index (χ1v) is 11.2. The van der Waals surface area contributed by atoms with Crippen molar-refractivity contribution >= 4 is 40.9 Å². The second-order valence-corrected chi connectivity index (χ2v) is 8.98. The fourth-order valence-electron chi connectivity index (χ4n) is 3.70. The Kier molecular flexibility index (Phi) is 6.18. The van der Waals surface area contributed by atoms with Crippen molar-refractivity contribution in [3.05, 3.63) is 77.6 Å². The third-order valence-corrected chi connectivity index (χ3v) is 6.46. The fourth-order valence-corrected chi connectivity index (χ4v) is 4.90. The molecule has 2 aromatic heterocycles. The van der Waals surface area contributed by atoms with E-state index in [4.69, 9.17) is 25.5 Å². The van der Waals surface area contributed by atoms with E-state index in [0.29, 0.717) is 43.0 Å². The third-order valence-electron chi connectivity index (χ3n) is 5.24. The van der Waals surface area contributed by atoms with Crippen LogP contribution < -0.4 is 24.5 Å². The Balaban J connectivity index is 1.99. The van der Waals surface area contributed by atoms with Crippen LogP contribution in [0.1, 0.15) is 24.3 Å². The Morgan fingerprint density at radius 1 is 1.27 bits per heavy atom. The molecule has 33 heavy (non-hydrogen) atoms. The zero-order valence-electron chi connectivity index (χ0n) is 18.7. The summed E-state index contributed by atoms with van der Waals surface area (Å²) in [6.45, 7) is 1.71. The van der Waals surface area contributed by atoms with Crippen molar-refractivity contribution in [2.45, 2.75) is 13.0 Å². The van der Waals surface area contributed by atoms with E-state index in [2.05, 4.69) is 4.99 Å². The molecule has 3 aromatic rings. The summed E-state index contributed by atoms with van der Waals surface area (Å²) in [5, 5.41) is 0.443. The number of hydrogen-bond donors (Lipinski definition) is 0. The molecule has 0 fully saturated rings. The van der Waals surface area contributed by atoms with Crippen molar-refractivity contribution in [2.24, 2.45) is 4.99 Å². The molecular weight excluding hydrogens is 466 g/mol. The summed E-state index contributed by atoms with van der Waals surface area (Å²) in [5.41, 5.74) is 0.933. The van der Waals surface area contributed by atoms with Gasteiger partial charge in [-0.25, -0.2) is 9.79 Å². The van der Waals surface area contributed by atoms with Crippen LogP contribution in [0.25, 0.3) is 6.08 Å². The maximum atomic E-state index is 13.6. The molecule has 0 unspecified atom stereocenters. The van der Waals surface area contributed by atoms with Crippen LogP contribution in [0.5, 0.6) is 5.75 Å². The number of allylic oxidation sites excluding steroid dienone is 1. The minimum atomic E-state index is -0.821. The highest BCUT2D eigenvalue weighted by molar-refractivity contribution is 7.07. The number of anilines is 1. The molecule has 0 amide bonds. The number of esters is 1. The largest absolute Gasteiger partial charge is 0.496 e. The number of thiazole rings is 1. The summed E-state index contributed by atoms with van der Waals surface area (Å²) in [7, 11) is 6.54. The summed E-state index contributed by atoms with van der Waals surface area (Å²) in [6, 6.07) is 7.85. The van der Waals surface area contributed by atoms with Gasteiger partial charge in [0.15, 0.2) is 10.7 Å². The van der Waals surface area contributed by atoms with Gasteiger partial charge in [0.2, 0.25) is 0 Å². The Bertz CT molecular complexity index is 1450. The van der Waals surface area contributed by atoms with E-state index >= 15 is 0 Å². The molecule has 4 rings (SSSR count). The Morgan fingerprint density at radius 3 is 2.67 bits per heavy atom. The highest BCUT2D eigenvalue weighted by Gasteiger charge is 2.35. The molecular formula is C23H22ClN3O5S. The van der Waals surface area contributed by atoms with Crippen molar-refractivity contribution in [3.8, 4) is 5.75 Å². The molecule has 0 spiro atoms. The van der Waals surface area contributed by atoms with Crippen molar-refractivity contribution in [1.29, 1.82) is 0 Å². The third kappa shape index (κ3) is 4.09. The summed E-state index contributed by atoms with van der Waals surface area (Å²) < 4.78 is 18.2. The van der Waals surface area contributed by atoms with Gasteiger partial charge in [-0.3, -0.25) is 9.36 Å². The number of carbonyl (C=O) groups excluding carboxylic acids is 1. The van der Waals surface area contributed by atoms with Gasteiger partial charge in [-0.05, 0) is 31.2 Å². The molecule has 0 bridgehead atoms. The van der Waals surface area contributed by atoms with Gasteiger partial charge in [0.25, 0.3) is 5.56 Å². The Labute approximate surface area is 198 Å². The van der Waals surface area contributed by atoms with Crippen LogP contribution >= 0.6 is 22.9 Å². The molecule has 0 radical (unpaired) electrons. The van der Waals surface area contributed by atoms with Crippen molar-refractivity contribution < 1.29 is 18.7 Å². The first kappa shape index (κ1) is 22.9. The normalized spacial score (nSPS) is 15.8. The fraction of sp³-hybridized carbons (Fsp3) is 0.261. The number of nitrogens with zero attached hydrogens (tertiary/aromatic N) is 3. The Hall–Kier alpha value is -3.30. The zero-order valence-corrected chi connectivity index (χ0v) is 20.3. The van der Waals surface area contributed by atoms with Crippen molar-refractivity contribution in [2.75, 3.05) is 33.2 Å². The lowest BCUT2D eigenvalue weighted by molar-refractivity contribution is -0.136. The van der Waals surface area contributed by atoms with Crippen LogP contribution in [-0.4, -0.2) is 38.9 Å². The molecule has 1 aliphatic rings. The van der Waals surface area contributed by atoms with Crippen LogP contribution in [0.3, 0.4) is 0 Å². The second kappa shape index (κ2) is 8.92. The van der Waals surface area contributed by atoms with E-state index < -0.39 is 12.0 Å². The van der Waals surface area contributed by atoms with E-state index in [1.807, 2.05) is 25.1 Å². The van der Waals surface area contributed by atoms with E-state index in [-0.39, 0.29) is 11.1 Å². The van der Waals surface area contributed by atoms with Gasteiger partial charge in [-0.15, -0.1) is 0 Å². The molecule has 1 aliphatic heterocycles. The van der Waals surface area contributed by atoms with E-state index in [9.17, 15) is 9.59 Å². The van der Waals surface area contributed by atoms with Crippen LogP contribution in [0.15, 0.2) is 55.8 Å². The number of aromatic nitrogens is 1. The molecule has 0 aliphatic carbocycles. The average molecular weight is 488 g/mol. The predicted octanol–water partition coefficient (Wildman–Crippen LogP) is 2.73. The number of halogens is 1. The van der Waals surface area contributed by atoms with Gasteiger partial charge in [0, 0.05) is 36.8 Å². The highest BCUT2D eigenvalue weighted by Crippen LogP contribution is 2.37. The smallest absolute Gasteiger partial charge is 0.338 e. The van der Waals surface area contributed by atoms with Gasteiger partial charge >= 0.3 is 5.97 Å². The van der Waals surface area contributed by atoms with Crippen LogP contribution in [-0.2, 0) is 9.53 Å². The zero-order chi connectivity index (χ0) is 23.9. The molecule has 8 nitrogen and oxygen atoms in total. The van der Waals surface area contributed by atoms with E-state index in [1.54, 1.807) is 37.3 Å². The standard InChI is InChI=1S/C23H22ClN3O5S/c1-12-19(22(29)31-5)20(15-10-13(24)6-8-16(15)30-4)27-21(28)17(33-23(27)25-12)11-14-7-9-18(32-14)26(2)3/h6-11,20H,1-5H3/b17-11-/t20-/m1/s1. The van der Waals surface area contributed by atoms with Gasteiger partial charge in [-0.2, -0.15) is 0 Å². The number of hydrogen-bond acceptors (Lipinski definition) is 8. The maximum absolute atomic E-state index is 13.6. The molecule has 0 saturated heterocycles. The van der Waals surface area contributed by atoms with Crippen LogP contribution in [0, 0.1) is 0 Å². The number of furan rings is 1. The molecule has 172 valence electrons. The topological polar surface area (TPSA) is 86.3 Å². The number of benzene rings is 1. The minimum absolute atomic E-state index is 0.241. The lowest BCUT2D eigenvalue weighted by atomic mass is 9.95. The molecule has 1 aromatic carbocycles. The number of fused-ring (bicyclic) bond motifs is 1. The summed E-state index contributed by atoms with van der Waals surface area (Å²) in [6.07, 6.45) is 1.67.